The molecule has 0 aromatic heterocycles. The first-order valence-electron chi connectivity index (χ1n) is 16.0. The van der Waals surface area contributed by atoms with Crippen LogP contribution < -0.4 is 19.5 Å². The molecule has 0 spiro atoms. The van der Waals surface area contributed by atoms with E-state index in [9.17, 15) is 13.2 Å². The molecule has 1 N–H and O–H groups in total. The van der Waals surface area contributed by atoms with Gasteiger partial charge in [-0.2, -0.15) is 4.31 Å². The Labute approximate surface area is 282 Å². The molecule has 0 unspecified atom stereocenters. The quantitative estimate of drug-likeness (QED) is 0.146. The molecular weight excluding hydrogens is 625 g/mol. The van der Waals surface area contributed by atoms with Crippen LogP contribution in [0.25, 0.3) is 0 Å². The van der Waals surface area contributed by atoms with Crippen molar-refractivity contribution < 1.29 is 27.4 Å². The molecule has 0 saturated carbocycles. The van der Waals surface area contributed by atoms with Gasteiger partial charge in [0, 0.05) is 24.7 Å². The van der Waals surface area contributed by atoms with Gasteiger partial charge in [0.2, 0.25) is 15.8 Å². The zero-order chi connectivity index (χ0) is 33.2. The van der Waals surface area contributed by atoms with Crippen LogP contribution in [0.4, 0.5) is 0 Å². The van der Waals surface area contributed by atoms with Crippen LogP contribution >= 0.6 is 0 Å². The number of amides is 1. The average Bonchev–Trinajstić information content (AvgIpc) is 3.14. The van der Waals surface area contributed by atoms with Crippen molar-refractivity contribution in [1.82, 2.24) is 9.62 Å². The molecule has 1 aliphatic rings. The average molecular weight is 663 g/mol. The third-order valence-electron chi connectivity index (χ3n) is 8.15. The third kappa shape index (κ3) is 8.42. The van der Waals surface area contributed by atoms with Crippen LogP contribution in [0.15, 0.2) is 138 Å². The van der Waals surface area contributed by atoms with Crippen LogP contribution in [0.1, 0.15) is 39.9 Å². The minimum atomic E-state index is -3.59. The van der Waals surface area contributed by atoms with E-state index >= 15 is 0 Å². The first-order chi connectivity index (χ1) is 23.5. The lowest BCUT2D eigenvalue weighted by Gasteiger charge is -2.31. The molecule has 1 aliphatic heterocycles. The maximum Gasteiger partial charge on any atom is 0.251 e. The monoisotopic (exact) mass is 662 g/mol. The van der Waals surface area contributed by atoms with E-state index in [0.717, 1.165) is 16.7 Å². The Morgan fingerprint density at radius 3 is 1.50 bits per heavy atom. The largest absolute Gasteiger partial charge is 0.485 e. The van der Waals surface area contributed by atoms with E-state index in [1.807, 2.05) is 91.0 Å². The van der Waals surface area contributed by atoms with Crippen molar-refractivity contribution in [2.75, 3.05) is 13.1 Å². The number of carbonyl (C=O) groups is 1. The summed E-state index contributed by atoms with van der Waals surface area (Å²) in [5.41, 5.74) is 3.26. The van der Waals surface area contributed by atoms with E-state index in [1.54, 1.807) is 42.5 Å². The molecule has 8 nitrogen and oxygen atoms in total. The number of nitrogens with zero attached hydrogens (tertiary/aromatic N) is 1. The molecule has 0 bridgehead atoms. The van der Waals surface area contributed by atoms with E-state index in [1.165, 1.54) is 4.31 Å². The van der Waals surface area contributed by atoms with E-state index < -0.39 is 10.0 Å². The summed E-state index contributed by atoms with van der Waals surface area (Å²) < 4.78 is 46.7. The summed E-state index contributed by atoms with van der Waals surface area (Å²) in [6, 6.07) is 41.0. The van der Waals surface area contributed by atoms with Crippen LogP contribution in [-0.4, -0.2) is 37.8 Å². The van der Waals surface area contributed by atoms with Gasteiger partial charge >= 0.3 is 0 Å². The Hall–Kier alpha value is -5.12. The Morgan fingerprint density at radius 1 is 0.625 bits per heavy atom. The van der Waals surface area contributed by atoms with Gasteiger partial charge in [0.15, 0.2) is 11.5 Å². The third-order valence-corrected chi connectivity index (χ3v) is 10.1. The molecule has 246 valence electrons. The molecule has 9 heteroatoms. The number of piperidine rings is 1. The van der Waals surface area contributed by atoms with E-state index in [-0.39, 0.29) is 36.7 Å². The molecule has 1 fully saturated rings. The van der Waals surface area contributed by atoms with Crippen molar-refractivity contribution in [1.29, 1.82) is 0 Å². The van der Waals surface area contributed by atoms with Crippen molar-refractivity contribution in [2.45, 2.75) is 43.6 Å². The number of ether oxygens (including phenoxy) is 3. The first-order valence-corrected chi connectivity index (χ1v) is 17.4. The van der Waals surface area contributed by atoms with Gasteiger partial charge in [0.25, 0.3) is 5.91 Å². The number of hydrogen-bond acceptors (Lipinski definition) is 6. The molecule has 6 rings (SSSR count). The van der Waals surface area contributed by atoms with Crippen LogP contribution in [0, 0.1) is 0 Å². The number of hydrogen-bond donors (Lipinski definition) is 1. The number of carbonyl (C=O) groups excluding carboxylic acids is 1. The highest BCUT2D eigenvalue weighted by Crippen LogP contribution is 2.40. The molecule has 5 aromatic carbocycles. The van der Waals surface area contributed by atoms with Gasteiger partial charge in [0.05, 0.1) is 4.90 Å². The van der Waals surface area contributed by atoms with Crippen molar-refractivity contribution in [3.05, 3.63) is 156 Å². The van der Waals surface area contributed by atoms with Crippen molar-refractivity contribution in [3.8, 4) is 17.2 Å². The predicted octanol–water partition coefficient (Wildman–Crippen LogP) is 7.01. The lowest BCUT2D eigenvalue weighted by molar-refractivity contribution is 0.0922. The molecule has 1 heterocycles. The van der Waals surface area contributed by atoms with Crippen molar-refractivity contribution in [3.63, 3.8) is 0 Å². The summed E-state index contributed by atoms with van der Waals surface area (Å²) in [4.78, 5) is 14.0. The van der Waals surface area contributed by atoms with Crippen LogP contribution in [0.2, 0.25) is 0 Å². The number of nitrogens with one attached hydrogen (secondary N) is 1. The highest BCUT2D eigenvalue weighted by Gasteiger charge is 2.30. The maximum atomic E-state index is 13.8. The highest BCUT2D eigenvalue weighted by molar-refractivity contribution is 7.89. The molecule has 1 saturated heterocycles. The lowest BCUT2D eigenvalue weighted by Crippen LogP contribution is -2.46. The van der Waals surface area contributed by atoms with Crippen LogP contribution in [0.3, 0.4) is 0 Å². The summed E-state index contributed by atoms with van der Waals surface area (Å²) in [5.74, 6) is 0.869. The Bertz CT molecular complexity index is 1820. The fraction of sp³-hybridized carbons (Fsp3) is 0.205. The van der Waals surface area contributed by atoms with Gasteiger partial charge in [-0.1, -0.05) is 109 Å². The maximum absolute atomic E-state index is 13.8. The Morgan fingerprint density at radius 2 is 1.04 bits per heavy atom. The summed E-state index contributed by atoms with van der Waals surface area (Å²) in [6.45, 7) is 1.43. The first kappa shape index (κ1) is 32.8. The second-order valence-electron chi connectivity index (χ2n) is 11.6. The normalized spacial score (nSPS) is 13.8. The van der Waals surface area contributed by atoms with E-state index in [2.05, 4.69) is 5.32 Å². The smallest absolute Gasteiger partial charge is 0.251 e. The topological polar surface area (TPSA) is 94.2 Å². The number of benzene rings is 5. The zero-order valence-electron chi connectivity index (χ0n) is 26.5. The molecule has 5 aromatic rings. The highest BCUT2D eigenvalue weighted by atomic mass is 32.2. The minimum absolute atomic E-state index is 0.198. The number of rotatable bonds is 13. The zero-order valence-corrected chi connectivity index (χ0v) is 27.4. The molecule has 0 radical (unpaired) electrons. The second kappa shape index (κ2) is 15.6. The number of sulfonamides is 1. The fourth-order valence-corrected chi connectivity index (χ4v) is 7.01. The second-order valence-corrected chi connectivity index (χ2v) is 13.5. The molecule has 0 aliphatic carbocycles. The van der Waals surface area contributed by atoms with Gasteiger partial charge in [0.1, 0.15) is 19.8 Å². The predicted molar refractivity (Wildman–Crippen MR) is 184 cm³/mol. The lowest BCUT2D eigenvalue weighted by atomic mass is 10.1. The fourth-order valence-electron chi connectivity index (χ4n) is 5.52. The standard InChI is InChI=1S/C39H38N2O6S/c42-39(40-34-21-23-41(24-22-34)48(43,44)35-19-11-4-12-20-35)33-25-36(45-27-30-13-5-1-6-14-30)38(47-29-32-17-9-3-10-18-32)37(26-33)46-28-31-15-7-2-8-16-31/h1-20,25-26,34H,21-24,27-29H2,(H,40,42). The van der Waals surface area contributed by atoms with E-state index in [0.29, 0.717) is 48.7 Å². The van der Waals surface area contributed by atoms with Crippen molar-refractivity contribution in [2.24, 2.45) is 0 Å². The Balaban J connectivity index is 1.24. The van der Waals surface area contributed by atoms with E-state index in [4.69, 9.17) is 14.2 Å². The molecular formula is C39H38N2O6S. The summed E-state index contributed by atoms with van der Waals surface area (Å²) in [7, 11) is -3.59. The summed E-state index contributed by atoms with van der Waals surface area (Å²) in [5, 5.41) is 3.11. The summed E-state index contributed by atoms with van der Waals surface area (Å²) in [6.07, 6.45) is 0.982. The molecule has 48 heavy (non-hydrogen) atoms. The SMILES string of the molecule is O=C(NC1CCN(S(=O)(=O)c2ccccc2)CC1)c1cc(OCc2ccccc2)c(OCc2ccccc2)c(OCc2ccccc2)c1. The van der Waals surface area contributed by atoms with Gasteiger partial charge in [-0.25, -0.2) is 8.42 Å². The van der Waals surface area contributed by atoms with Crippen LogP contribution in [-0.2, 0) is 29.8 Å². The summed E-state index contributed by atoms with van der Waals surface area (Å²) >= 11 is 0. The van der Waals surface area contributed by atoms with Gasteiger partial charge in [-0.05, 0) is 53.8 Å². The van der Waals surface area contributed by atoms with Crippen LogP contribution in [0.5, 0.6) is 17.2 Å². The Kier molecular flexibility index (Phi) is 10.7. The van der Waals surface area contributed by atoms with Gasteiger partial charge in [-0.3, -0.25) is 4.79 Å². The van der Waals surface area contributed by atoms with Crippen molar-refractivity contribution >= 4 is 15.9 Å². The minimum Gasteiger partial charge on any atom is -0.485 e. The van der Waals surface area contributed by atoms with Gasteiger partial charge in [-0.15, -0.1) is 0 Å². The molecule has 0 atom stereocenters. The van der Waals surface area contributed by atoms with Gasteiger partial charge < -0.3 is 19.5 Å². The molecule has 1 amide bonds.